The van der Waals surface area contributed by atoms with E-state index in [0.29, 0.717) is 6.61 Å². The molecule has 1 aromatic carbocycles. The Labute approximate surface area is 148 Å². The van der Waals surface area contributed by atoms with Crippen molar-refractivity contribution in [3.8, 4) is 5.75 Å². The molecule has 2 N–H and O–H groups in total. The van der Waals surface area contributed by atoms with E-state index < -0.39 is 5.54 Å². The minimum Gasteiger partial charge on any atom is -0.493 e. The van der Waals surface area contributed by atoms with Gasteiger partial charge in [0.2, 0.25) is 0 Å². The molecule has 25 heavy (non-hydrogen) atoms. The molecule has 0 spiro atoms. The largest absolute Gasteiger partial charge is 0.493 e. The summed E-state index contributed by atoms with van der Waals surface area (Å²) in [6, 6.07) is 11.3. The molecule has 2 aromatic rings. The molecule has 2 amide bonds. The number of aromatic nitrogens is 1. The number of carbonyl (C=O) groups is 1. The molecule has 1 aliphatic heterocycles. The van der Waals surface area contributed by atoms with Crippen LogP contribution in [0, 0.1) is 0 Å². The number of nitrogens with zero attached hydrogens (tertiary/aromatic N) is 2. The van der Waals surface area contributed by atoms with Crippen molar-refractivity contribution in [2.75, 3.05) is 26.0 Å². The molecule has 0 unspecified atom stereocenters. The van der Waals surface area contributed by atoms with Gasteiger partial charge >= 0.3 is 6.03 Å². The average molecular weight is 340 g/mol. The Hall–Kier alpha value is -2.60. The molecule has 3 rings (SSSR count). The highest BCUT2D eigenvalue weighted by Crippen LogP contribution is 2.36. The van der Waals surface area contributed by atoms with E-state index in [1.807, 2.05) is 56.3 Å². The van der Waals surface area contributed by atoms with Crippen molar-refractivity contribution in [1.29, 1.82) is 0 Å². The number of anilines is 1. The number of rotatable bonds is 4. The van der Waals surface area contributed by atoms with Gasteiger partial charge in [-0.3, -0.25) is 4.98 Å². The summed E-state index contributed by atoms with van der Waals surface area (Å²) in [5.41, 5.74) is 2.18. The van der Waals surface area contributed by atoms with Crippen molar-refractivity contribution in [1.82, 2.24) is 15.2 Å². The molecule has 0 aliphatic carbocycles. The van der Waals surface area contributed by atoms with E-state index in [1.54, 1.807) is 12.3 Å². The summed E-state index contributed by atoms with van der Waals surface area (Å²) < 4.78 is 5.69. The van der Waals surface area contributed by atoms with Crippen LogP contribution in [0.15, 0.2) is 42.6 Å². The van der Waals surface area contributed by atoms with Crippen LogP contribution in [0.25, 0.3) is 0 Å². The normalized spacial score (nSPS) is 19.0. The average Bonchev–Trinajstić information content (AvgIpc) is 2.54. The number of ether oxygens (including phenoxy) is 1. The smallest absolute Gasteiger partial charge is 0.319 e. The second-order valence-electron chi connectivity index (χ2n) is 6.78. The van der Waals surface area contributed by atoms with Gasteiger partial charge in [0, 0.05) is 30.4 Å². The number of fused-ring (bicyclic) bond motifs is 1. The third-order valence-corrected chi connectivity index (χ3v) is 4.28. The predicted octanol–water partition coefficient (Wildman–Crippen LogP) is 2.96. The van der Waals surface area contributed by atoms with E-state index in [1.165, 1.54) is 0 Å². The first-order valence-corrected chi connectivity index (χ1v) is 8.37. The van der Waals surface area contributed by atoms with E-state index in [9.17, 15) is 4.79 Å². The van der Waals surface area contributed by atoms with Crippen molar-refractivity contribution in [3.05, 3.63) is 53.9 Å². The summed E-state index contributed by atoms with van der Waals surface area (Å²) in [5, 5.41) is 6.01. The Balaban J connectivity index is 1.71. The molecule has 1 aromatic heterocycles. The minimum atomic E-state index is -0.460. The molecular formula is C19H24N4O2. The standard InChI is InChI=1S/C19H24N4O2/c1-19(9-11-25-17-7-5-4-6-16(17)19)22-18(24)21-14-8-10-20-15(12-14)13-23(2)3/h4-8,10,12H,9,11,13H2,1-3H3,(H2,20,21,22,24)/t19-/m0/s1. The van der Waals surface area contributed by atoms with E-state index in [-0.39, 0.29) is 6.03 Å². The van der Waals surface area contributed by atoms with Gasteiger partial charge < -0.3 is 20.3 Å². The Morgan fingerprint density at radius 1 is 1.32 bits per heavy atom. The van der Waals surface area contributed by atoms with Gasteiger partial charge in [-0.2, -0.15) is 0 Å². The number of carbonyl (C=O) groups excluding carboxylic acids is 1. The zero-order valence-corrected chi connectivity index (χ0v) is 14.9. The molecule has 132 valence electrons. The van der Waals surface area contributed by atoms with Crippen molar-refractivity contribution >= 4 is 11.7 Å². The fourth-order valence-electron chi connectivity index (χ4n) is 3.06. The van der Waals surface area contributed by atoms with E-state index >= 15 is 0 Å². The van der Waals surface area contributed by atoms with Gasteiger partial charge in [0.1, 0.15) is 5.75 Å². The zero-order chi connectivity index (χ0) is 17.9. The molecule has 1 aliphatic rings. The Morgan fingerprint density at radius 3 is 2.92 bits per heavy atom. The Kier molecular flexibility index (Phi) is 4.90. The van der Waals surface area contributed by atoms with Crippen LogP contribution in [0.3, 0.4) is 0 Å². The lowest BCUT2D eigenvalue weighted by Gasteiger charge is -2.36. The summed E-state index contributed by atoms with van der Waals surface area (Å²) in [7, 11) is 3.97. The fraction of sp³-hybridized carbons (Fsp3) is 0.368. The Morgan fingerprint density at radius 2 is 2.12 bits per heavy atom. The molecule has 0 saturated heterocycles. The highest BCUT2D eigenvalue weighted by Gasteiger charge is 2.34. The van der Waals surface area contributed by atoms with Crippen molar-refractivity contribution in [2.24, 2.45) is 0 Å². The number of pyridine rings is 1. The van der Waals surface area contributed by atoms with Crippen molar-refractivity contribution < 1.29 is 9.53 Å². The second-order valence-corrected chi connectivity index (χ2v) is 6.78. The maximum absolute atomic E-state index is 12.5. The van der Waals surface area contributed by atoms with E-state index in [2.05, 4.69) is 15.6 Å². The highest BCUT2D eigenvalue weighted by molar-refractivity contribution is 5.90. The van der Waals surface area contributed by atoms with Crippen LogP contribution in [0.5, 0.6) is 5.75 Å². The van der Waals surface area contributed by atoms with Crippen LogP contribution < -0.4 is 15.4 Å². The molecule has 6 nitrogen and oxygen atoms in total. The van der Waals surface area contributed by atoms with Crippen LogP contribution in [-0.4, -0.2) is 36.6 Å². The van der Waals surface area contributed by atoms with Gasteiger partial charge in [-0.05, 0) is 39.2 Å². The topological polar surface area (TPSA) is 66.5 Å². The number of benzene rings is 1. The first-order chi connectivity index (χ1) is 12.0. The lowest BCUT2D eigenvalue weighted by molar-refractivity contribution is 0.194. The van der Waals surface area contributed by atoms with Gasteiger partial charge in [0.15, 0.2) is 0 Å². The second kappa shape index (κ2) is 7.11. The summed E-state index contributed by atoms with van der Waals surface area (Å²) in [6.45, 7) is 3.33. The third-order valence-electron chi connectivity index (χ3n) is 4.28. The van der Waals surface area contributed by atoms with Crippen LogP contribution >= 0.6 is 0 Å². The number of para-hydroxylation sites is 1. The molecule has 0 saturated carbocycles. The van der Waals surface area contributed by atoms with Gasteiger partial charge in [0.25, 0.3) is 0 Å². The summed E-state index contributed by atoms with van der Waals surface area (Å²) in [4.78, 5) is 18.9. The van der Waals surface area contributed by atoms with Crippen LogP contribution in [0.1, 0.15) is 24.6 Å². The third kappa shape index (κ3) is 4.09. The number of nitrogens with one attached hydrogen (secondary N) is 2. The zero-order valence-electron chi connectivity index (χ0n) is 14.9. The van der Waals surface area contributed by atoms with Crippen LogP contribution in [0.4, 0.5) is 10.5 Å². The highest BCUT2D eigenvalue weighted by atomic mass is 16.5. The first-order valence-electron chi connectivity index (χ1n) is 8.37. The van der Waals surface area contributed by atoms with Crippen LogP contribution in [0.2, 0.25) is 0 Å². The fourth-order valence-corrected chi connectivity index (χ4v) is 3.06. The molecule has 2 heterocycles. The Bertz CT molecular complexity index is 763. The maximum Gasteiger partial charge on any atom is 0.319 e. The molecule has 0 bridgehead atoms. The molecule has 1 atom stereocenters. The van der Waals surface area contributed by atoms with Crippen molar-refractivity contribution in [3.63, 3.8) is 0 Å². The number of hydrogen-bond acceptors (Lipinski definition) is 4. The van der Waals surface area contributed by atoms with Gasteiger partial charge in [0.05, 0.1) is 17.8 Å². The van der Waals surface area contributed by atoms with Gasteiger partial charge in [-0.1, -0.05) is 18.2 Å². The summed E-state index contributed by atoms with van der Waals surface area (Å²) in [5.74, 6) is 0.828. The minimum absolute atomic E-state index is 0.235. The van der Waals surface area contributed by atoms with E-state index in [0.717, 1.165) is 35.7 Å². The molecule has 0 fully saturated rings. The SMILES string of the molecule is CN(C)Cc1cc(NC(=O)N[C@@]2(C)CCOc3ccccc32)ccn1. The lowest BCUT2D eigenvalue weighted by atomic mass is 9.86. The maximum atomic E-state index is 12.5. The molecular weight excluding hydrogens is 316 g/mol. The quantitative estimate of drug-likeness (QED) is 0.898. The number of amides is 2. The van der Waals surface area contributed by atoms with Crippen LogP contribution in [-0.2, 0) is 12.1 Å². The van der Waals surface area contributed by atoms with Crippen molar-refractivity contribution in [2.45, 2.75) is 25.4 Å². The predicted molar refractivity (Wildman–Crippen MR) is 97.7 cm³/mol. The monoisotopic (exact) mass is 340 g/mol. The molecule has 6 heteroatoms. The van der Waals surface area contributed by atoms with E-state index in [4.69, 9.17) is 4.74 Å². The molecule has 0 radical (unpaired) electrons. The summed E-state index contributed by atoms with van der Waals surface area (Å²) >= 11 is 0. The van der Waals surface area contributed by atoms with Gasteiger partial charge in [-0.15, -0.1) is 0 Å². The number of hydrogen-bond donors (Lipinski definition) is 2. The lowest BCUT2D eigenvalue weighted by Crippen LogP contribution is -2.48. The number of urea groups is 1. The summed E-state index contributed by atoms with van der Waals surface area (Å²) in [6.07, 6.45) is 2.43. The van der Waals surface area contributed by atoms with Gasteiger partial charge in [-0.25, -0.2) is 4.79 Å². The first kappa shape index (κ1) is 17.2.